The highest BCUT2D eigenvalue weighted by Gasteiger charge is 2.12. The fraction of sp³-hybridized carbons (Fsp3) is 0.545. The van der Waals surface area contributed by atoms with Crippen LogP contribution in [0, 0.1) is 13.8 Å². The van der Waals surface area contributed by atoms with Crippen LogP contribution in [0.3, 0.4) is 0 Å². The van der Waals surface area contributed by atoms with E-state index in [0.717, 1.165) is 28.8 Å². The van der Waals surface area contributed by atoms with Crippen molar-refractivity contribution in [2.75, 3.05) is 5.73 Å². The normalized spacial score (nSPS) is 12.8. The summed E-state index contributed by atoms with van der Waals surface area (Å²) in [6.07, 6.45) is 0. The number of aromatic nitrogens is 5. The van der Waals surface area contributed by atoms with Gasteiger partial charge >= 0.3 is 0 Å². The summed E-state index contributed by atoms with van der Waals surface area (Å²) < 4.78 is 1.91. The highest BCUT2D eigenvalue weighted by atomic mass is 35.5. The molecule has 104 valence electrons. The van der Waals surface area contributed by atoms with Gasteiger partial charge in [0.05, 0.1) is 29.5 Å². The van der Waals surface area contributed by atoms with Gasteiger partial charge in [-0.1, -0.05) is 11.6 Å². The molecule has 0 saturated heterocycles. The van der Waals surface area contributed by atoms with E-state index < -0.39 is 0 Å². The van der Waals surface area contributed by atoms with E-state index in [-0.39, 0.29) is 12.0 Å². The van der Waals surface area contributed by atoms with E-state index in [1.807, 2.05) is 18.5 Å². The Morgan fingerprint density at radius 1 is 1.47 bits per heavy atom. The van der Waals surface area contributed by atoms with Crippen molar-refractivity contribution < 1.29 is 0 Å². The number of nitrogens with one attached hydrogen (secondary N) is 2. The Morgan fingerprint density at radius 3 is 2.74 bits per heavy atom. The topological polar surface area (TPSA) is 97.4 Å². The van der Waals surface area contributed by atoms with E-state index in [4.69, 9.17) is 17.3 Å². The van der Waals surface area contributed by atoms with Crippen LogP contribution < -0.4 is 11.1 Å². The Hall–Kier alpha value is -1.60. The van der Waals surface area contributed by atoms with Crippen LogP contribution in [0.15, 0.2) is 0 Å². The minimum atomic E-state index is 0.223. The van der Waals surface area contributed by atoms with Crippen LogP contribution in [0.2, 0.25) is 5.02 Å². The van der Waals surface area contributed by atoms with E-state index in [2.05, 4.69) is 32.5 Å². The molecule has 4 N–H and O–H groups in total. The maximum absolute atomic E-state index is 6.12. The van der Waals surface area contributed by atoms with Crippen LogP contribution in [0.5, 0.6) is 0 Å². The Bertz CT molecular complexity index is 559. The van der Waals surface area contributed by atoms with Gasteiger partial charge < -0.3 is 11.1 Å². The quantitative estimate of drug-likeness (QED) is 0.761. The second kappa shape index (κ2) is 5.58. The standard InChI is InChI=1S/C11H18ClN7/c1-6(14-4-9-15-11(13)17-16-9)5-19-8(3)10(12)7(2)18-19/h6,14H,4-5H2,1-3H3,(H3,13,15,16,17)/t6-/m0/s1. The molecule has 0 fully saturated rings. The number of nitrogen functional groups attached to an aromatic ring is 1. The van der Waals surface area contributed by atoms with Crippen molar-refractivity contribution in [3.05, 3.63) is 22.2 Å². The predicted molar refractivity (Wildman–Crippen MR) is 73.8 cm³/mol. The van der Waals surface area contributed by atoms with Crippen molar-refractivity contribution in [3.63, 3.8) is 0 Å². The number of rotatable bonds is 5. The molecule has 0 spiro atoms. The second-order valence-electron chi connectivity index (χ2n) is 4.59. The molecule has 0 amide bonds. The molecule has 19 heavy (non-hydrogen) atoms. The molecule has 8 heteroatoms. The summed E-state index contributed by atoms with van der Waals surface area (Å²) in [5.74, 6) is 0.977. The first-order valence-electron chi connectivity index (χ1n) is 6.07. The zero-order chi connectivity index (χ0) is 14.0. The molecular formula is C11H18ClN7. The van der Waals surface area contributed by atoms with Gasteiger partial charge in [0.1, 0.15) is 5.82 Å². The van der Waals surface area contributed by atoms with E-state index in [9.17, 15) is 0 Å². The lowest BCUT2D eigenvalue weighted by Crippen LogP contribution is -2.31. The Kier molecular flexibility index (Phi) is 4.06. The average molecular weight is 284 g/mol. The SMILES string of the molecule is Cc1nn(C[C@H](C)NCc2nc(N)n[nH]2)c(C)c1Cl. The largest absolute Gasteiger partial charge is 0.367 e. The van der Waals surface area contributed by atoms with Crippen molar-refractivity contribution in [1.29, 1.82) is 0 Å². The third kappa shape index (κ3) is 3.24. The third-order valence-electron chi connectivity index (χ3n) is 2.91. The van der Waals surface area contributed by atoms with Gasteiger partial charge in [0.25, 0.3) is 0 Å². The molecule has 2 heterocycles. The summed E-state index contributed by atoms with van der Waals surface area (Å²) in [7, 11) is 0. The number of anilines is 1. The van der Waals surface area contributed by atoms with E-state index >= 15 is 0 Å². The lowest BCUT2D eigenvalue weighted by atomic mass is 10.3. The highest BCUT2D eigenvalue weighted by molar-refractivity contribution is 6.31. The minimum Gasteiger partial charge on any atom is -0.367 e. The fourth-order valence-corrected chi connectivity index (χ4v) is 1.97. The number of aryl methyl sites for hydroxylation is 1. The Morgan fingerprint density at radius 2 is 2.21 bits per heavy atom. The van der Waals surface area contributed by atoms with Crippen LogP contribution >= 0.6 is 11.6 Å². The van der Waals surface area contributed by atoms with Crippen molar-refractivity contribution in [2.45, 2.75) is 39.9 Å². The maximum Gasteiger partial charge on any atom is 0.239 e. The Balaban J connectivity index is 1.90. The zero-order valence-corrected chi connectivity index (χ0v) is 12.0. The Labute approximate surface area is 116 Å². The van der Waals surface area contributed by atoms with Crippen molar-refractivity contribution in [3.8, 4) is 0 Å². The molecule has 0 saturated carbocycles. The van der Waals surface area contributed by atoms with Gasteiger partial charge in [0, 0.05) is 6.04 Å². The maximum atomic E-state index is 6.12. The highest BCUT2D eigenvalue weighted by Crippen LogP contribution is 2.18. The van der Waals surface area contributed by atoms with Crippen LogP contribution in [0.4, 0.5) is 5.95 Å². The average Bonchev–Trinajstić information content (AvgIpc) is 2.88. The molecule has 7 nitrogen and oxygen atoms in total. The zero-order valence-electron chi connectivity index (χ0n) is 11.2. The number of nitrogens with two attached hydrogens (primary N) is 1. The van der Waals surface area contributed by atoms with E-state index in [1.165, 1.54) is 0 Å². The number of nitrogens with zero attached hydrogens (tertiary/aromatic N) is 4. The molecule has 2 aromatic rings. The fourth-order valence-electron chi connectivity index (χ4n) is 1.84. The molecule has 2 aromatic heterocycles. The second-order valence-corrected chi connectivity index (χ2v) is 4.97. The summed E-state index contributed by atoms with van der Waals surface area (Å²) in [5, 5.41) is 15.0. The molecule has 0 radical (unpaired) electrons. The van der Waals surface area contributed by atoms with Crippen LogP contribution in [-0.2, 0) is 13.1 Å². The molecule has 0 aromatic carbocycles. The van der Waals surface area contributed by atoms with Crippen molar-refractivity contribution in [2.24, 2.45) is 0 Å². The first-order chi connectivity index (χ1) is 8.97. The summed E-state index contributed by atoms with van der Waals surface area (Å²) >= 11 is 6.12. The monoisotopic (exact) mass is 283 g/mol. The molecule has 0 aliphatic heterocycles. The summed E-state index contributed by atoms with van der Waals surface area (Å²) in [6.45, 7) is 7.26. The van der Waals surface area contributed by atoms with Crippen LogP contribution in [-0.4, -0.2) is 31.0 Å². The van der Waals surface area contributed by atoms with Gasteiger partial charge in [0.15, 0.2) is 0 Å². The number of aromatic amines is 1. The van der Waals surface area contributed by atoms with Gasteiger partial charge in [-0.2, -0.15) is 10.1 Å². The van der Waals surface area contributed by atoms with Gasteiger partial charge in [-0.15, -0.1) is 5.10 Å². The number of hydrogen-bond donors (Lipinski definition) is 3. The summed E-state index contributed by atoms with van der Waals surface area (Å²) in [5.41, 5.74) is 7.28. The summed E-state index contributed by atoms with van der Waals surface area (Å²) in [4.78, 5) is 4.03. The molecule has 0 bridgehead atoms. The van der Waals surface area contributed by atoms with Gasteiger partial charge in [0.2, 0.25) is 5.95 Å². The molecular weight excluding hydrogens is 266 g/mol. The molecule has 0 unspecified atom stereocenters. The molecule has 0 aliphatic carbocycles. The molecule has 1 atom stereocenters. The number of H-pyrrole nitrogens is 1. The van der Waals surface area contributed by atoms with Gasteiger partial charge in [-0.3, -0.25) is 9.78 Å². The number of halogens is 1. The molecule has 2 rings (SSSR count). The first kappa shape index (κ1) is 13.8. The summed E-state index contributed by atoms with van der Waals surface area (Å²) in [6, 6.07) is 0.223. The first-order valence-corrected chi connectivity index (χ1v) is 6.44. The molecule has 0 aliphatic rings. The van der Waals surface area contributed by atoms with Crippen LogP contribution in [0.25, 0.3) is 0 Å². The van der Waals surface area contributed by atoms with Crippen molar-refractivity contribution in [1.82, 2.24) is 30.3 Å². The van der Waals surface area contributed by atoms with E-state index in [1.54, 1.807) is 0 Å². The predicted octanol–water partition coefficient (Wildman–Crippen LogP) is 1.03. The lowest BCUT2D eigenvalue weighted by Gasteiger charge is -2.14. The minimum absolute atomic E-state index is 0.223. The van der Waals surface area contributed by atoms with Crippen LogP contribution in [0.1, 0.15) is 24.1 Å². The third-order valence-corrected chi connectivity index (χ3v) is 3.45. The smallest absolute Gasteiger partial charge is 0.239 e. The van der Waals surface area contributed by atoms with Crippen molar-refractivity contribution >= 4 is 17.5 Å². The van der Waals surface area contributed by atoms with E-state index in [0.29, 0.717) is 6.54 Å². The van der Waals surface area contributed by atoms with Gasteiger partial charge in [-0.05, 0) is 20.8 Å². The number of hydrogen-bond acceptors (Lipinski definition) is 5. The van der Waals surface area contributed by atoms with Gasteiger partial charge in [-0.25, -0.2) is 0 Å². The lowest BCUT2D eigenvalue weighted by molar-refractivity contribution is 0.439.